The fourth-order valence-corrected chi connectivity index (χ4v) is 8.43. The normalized spacial score (nSPS) is 14.5. The highest BCUT2D eigenvalue weighted by molar-refractivity contribution is 7.44. The molecular formula is C46H58N3O10P. The first-order chi connectivity index (χ1) is 28.3. The SMILES string of the molecule is [C-]#[N+]CCOP(OCCCCCCNC(=O)c1ccc2c(c1)C(=O)OC21c2ccc(OC(=O)C(C)(C)C)cc2Oc2cc(OC(=O)C(C)(C)C)ccc21)N(C(C)C)C(C)C. The van der Waals surface area contributed by atoms with E-state index >= 15 is 0 Å². The molecule has 5 rings (SSSR count). The van der Waals surface area contributed by atoms with E-state index in [1.807, 2.05) is 0 Å². The van der Waals surface area contributed by atoms with E-state index in [0.29, 0.717) is 48.6 Å². The Hall–Kier alpha value is -4.86. The molecule has 3 aromatic carbocycles. The van der Waals surface area contributed by atoms with E-state index in [1.165, 1.54) is 0 Å². The van der Waals surface area contributed by atoms with Gasteiger partial charge in [-0.3, -0.25) is 14.4 Å². The Morgan fingerprint density at radius 3 is 1.83 bits per heavy atom. The molecule has 14 heteroatoms. The number of carbonyl (C=O) groups is 4. The van der Waals surface area contributed by atoms with Crippen LogP contribution in [0.4, 0.5) is 0 Å². The summed E-state index contributed by atoms with van der Waals surface area (Å²) in [5.74, 6) is -0.809. The lowest BCUT2D eigenvalue weighted by atomic mass is 9.77. The van der Waals surface area contributed by atoms with Crippen LogP contribution < -0.4 is 19.5 Å². The first-order valence-corrected chi connectivity index (χ1v) is 21.7. The third-order valence-corrected chi connectivity index (χ3v) is 12.0. The summed E-state index contributed by atoms with van der Waals surface area (Å²) in [6.45, 7) is 27.6. The zero-order chi connectivity index (χ0) is 44.0. The van der Waals surface area contributed by atoms with Crippen molar-refractivity contribution < 1.29 is 47.2 Å². The molecule has 2 aliphatic heterocycles. The smallest absolute Gasteiger partial charge is 0.340 e. The van der Waals surface area contributed by atoms with E-state index < -0.39 is 42.9 Å². The molecule has 0 bridgehead atoms. The Morgan fingerprint density at radius 1 is 0.767 bits per heavy atom. The number of esters is 3. The third-order valence-electron chi connectivity index (χ3n) is 9.87. The Morgan fingerprint density at radius 2 is 1.30 bits per heavy atom. The minimum atomic E-state index is -1.49. The van der Waals surface area contributed by atoms with Gasteiger partial charge >= 0.3 is 17.9 Å². The van der Waals surface area contributed by atoms with Gasteiger partial charge in [-0.05, 0) is 118 Å². The van der Waals surface area contributed by atoms with Crippen LogP contribution in [0.25, 0.3) is 4.85 Å². The molecular weight excluding hydrogens is 785 g/mol. The van der Waals surface area contributed by atoms with Crippen molar-refractivity contribution >= 4 is 32.3 Å². The molecule has 0 radical (unpaired) electrons. The summed E-state index contributed by atoms with van der Waals surface area (Å²) in [6, 6.07) is 15.2. The van der Waals surface area contributed by atoms with Crippen molar-refractivity contribution in [2.45, 2.75) is 113 Å². The number of nitrogens with zero attached hydrogens (tertiary/aromatic N) is 2. The van der Waals surface area contributed by atoms with Crippen molar-refractivity contribution in [3.05, 3.63) is 93.8 Å². The highest BCUT2D eigenvalue weighted by Crippen LogP contribution is 2.57. The zero-order valence-corrected chi connectivity index (χ0v) is 37.3. The van der Waals surface area contributed by atoms with E-state index in [4.69, 9.17) is 34.6 Å². The lowest BCUT2D eigenvalue weighted by Gasteiger charge is -2.36. The second-order valence-corrected chi connectivity index (χ2v) is 19.0. The first kappa shape index (κ1) is 46.2. The molecule has 1 amide bonds. The summed E-state index contributed by atoms with van der Waals surface area (Å²) in [6.07, 6.45) is 3.38. The predicted molar refractivity (Wildman–Crippen MR) is 228 cm³/mol. The number of benzene rings is 3. The first-order valence-electron chi connectivity index (χ1n) is 20.5. The maximum absolute atomic E-state index is 13.8. The van der Waals surface area contributed by atoms with Crippen molar-refractivity contribution in [1.29, 1.82) is 0 Å². The zero-order valence-electron chi connectivity index (χ0n) is 36.4. The lowest BCUT2D eigenvalue weighted by Crippen LogP contribution is -2.33. The van der Waals surface area contributed by atoms with Gasteiger partial charge in [0.2, 0.25) is 6.54 Å². The largest absolute Gasteiger partial charge is 0.456 e. The van der Waals surface area contributed by atoms with Crippen LogP contribution >= 0.6 is 8.53 Å². The molecule has 60 heavy (non-hydrogen) atoms. The van der Waals surface area contributed by atoms with E-state index in [2.05, 4.69) is 42.5 Å². The Labute approximate surface area is 355 Å². The van der Waals surface area contributed by atoms with E-state index in [0.717, 1.165) is 25.7 Å². The van der Waals surface area contributed by atoms with Gasteiger partial charge in [0.15, 0.2) is 5.60 Å². The average molecular weight is 844 g/mol. The fourth-order valence-electron chi connectivity index (χ4n) is 6.81. The van der Waals surface area contributed by atoms with Crippen LogP contribution in [-0.2, 0) is 29.0 Å². The topological polar surface area (TPSA) is 143 Å². The maximum Gasteiger partial charge on any atom is 0.340 e. The number of ether oxygens (including phenoxy) is 4. The number of fused-ring (bicyclic) bond motifs is 6. The molecule has 1 spiro atoms. The van der Waals surface area contributed by atoms with Crippen molar-refractivity contribution in [2.24, 2.45) is 10.8 Å². The fraction of sp³-hybridized carbons (Fsp3) is 0.500. The summed E-state index contributed by atoms with van der Waals surface area (Å²) in [4.78, 5) is 56.2. The number of hydrogen-bond donors (Lipinski definition) is 1. The molecule has 13 nitrogen and oxygen atoms in total. The van der Waals surface area contributed by atoms with Crippen LogP contribution in [0.5, 0.6) is 23.0 Å². The van der Waals surface area contributed by atoms with Crippen LogP contribution in [0.1, 0.15) is 132 Å². The maximum atomic E-state index is 13.8. The number of nitrogens with one attached hydrogen (secondary N) is 1. The minimum Gasteiger partial charge on any atom is -0.456 e. The molecule has 322 valence electrons. The van der Waals surface area contributed by atoms with Gasteiger partial charge in [-0.25, -0.2) is 16.0 Å². The number of amides is 1. The Balaban J connectivity index is 1.29. The Kier molecular flexibility index (Phi) is 14.8. The monoisotopic (exact) mass is 843 g/mol. The predicted octanol–water partition coefficient (Wildman–Crippen LogP) is 9.75. The van der Waals surface area contributed by atoms with Gasteiger partial charge in [-0.2, -0.15) is 0 Å². The number of hydrogen-bond acceptors (Lipinski definition) is 11. The highest BCUT2D eigenvalue weighted by atomic mass is 31.2. The molecule has 2 heterocycles. The van der Waals surface area contributed by atoms with Gasteiger partial charge in [-0.15, -0.1) is 0 Å². The highest BCUT2D eigenvalue weighted by Gasteiger charge is 2.54. The van der Waals surface area contributed by atoms with Crippen LogP contribution in [0.15, 0.2) is 54.6 Å². The van der Waals surface area contributed by atoms with E-state index in [1.54, 1.807) is 96.1 Å². The van der Waals surface area contributed by atoms with Crippen LogP contribution in [0, 0.1) is 17.4 Å². The molecule has 1 unspecified atom stereocenters. The minimum absolute atomic E-state index is 0.222. The molecule has 0 aromatic heterocycles. The number of carbonyl (C=O) groups excluding carboxylic acids is 4. The van der Waals surface area contributed by atoms with Crippen molar-refractivity contribution in [3.8, 4) is 23.0 Å². The summed E-state index contributed by atoms with van der Waals surface area (Å²) in [5, 5.41) is 2.98. The second-order valence-electron chi connectivity index (χ2n) is 17.6. The number of rotatable bonds is 17. The summed E-state index contributed by atoms with van der Waals surface area (Å²) in [5.41, 5.74) is -1.01. The summed E-state index contributed by atoms with van der Waals surface area (Å²) >= 11 is 0. The molecule has 3 aromatic rings. The molecule has 2 aliphatic rings. The van der Waals surface area contributed by atoms with Crippen molar-refractivity contribution in [3.63, 3.8) is 0 Å². The second kappa shape index (κ2) is 19.2. The summed E-state index contributed by atoms with van der Waals surface area (Å²) in [7, 11) is -1.27. The van der Waals surface area contributed by atoms with Gasteiger partial charge < -0.3 is 38.2 Å². The Bertz CT molecular complexity index is 2030. The third kappa shape index (κ3) is 10.5. The molecule has 0 saturated carbocycles. The van der Waals surface area contributed by atoms with Gasteiger partial charge in [-0.1, -0.05) is 18.9 Å². The van der Waals surface area contributed by atoms with Crippen molar-refractivity contribution in [1.82, 2.24) is 9.99 Å². The molecule has 0 fully saturated rings. The quantitative estimate of drug-likeness (QED) is 0.0456. The summed E-state index contributed by atoms with van der Waals surface area (Å²) < 4.78 is 38.4. The number of unbranched alkanes of at least 4 members (excludes halogenated alkanes) is 3. The molecule has 0 saturated heterocycles. The average Bonchev–Trinajstić information content (AvgIpc) is 3.45. The molecule has 1 atom stereocenters. The van der Waals surface area contributed by atoms with Gasteiger partial charge in [0, 0.05) is 53.0 Å². The van der Waals surface area contributed by atoms with Crippen LogP contribution in [0.2, 0.25) is 0 Å². The lowest BCUT2D eigenvalue weighted by molar-refractivity contribution is -0.143. The van der Waals surface area contributed by atoms with Crippen molar-refractivity contribution in [2.75, 3.05) is 26.3 Å². The van der Waals surface area contributed by atoms with E-state index in [-0.39, 0.29) is 46.6 Å². The standard InChI is InChI=1S/C46H58N3O10P/c1-29(2)49(30(3)4)60(55-25-23-47-11)54-24-15-13-12-14-22-48-40(50)31-16-19-35-34(26-31)41(51)59-46(35)36-20-17-32(56-42(52)44(5,6)7)27-38(36)58-39-28-33(18-21-37(39)46)57-43(53)45(8,9)10/h16-21,26-30H,12-15,22-25H2,1-10H3,(H,48,50). The van der Waals surface area contributed by atoms with Gasteiger partial charge in [0.1, 0.15) is 29.6 Å². The van der Waals surface area contributed by atoms with E-state index in [9.17, 15) is 19.2 Å². The van der Waals surface area contributed by atoms with Crippen LogP contribution in [-0.4, -0.2) is 66.9 Å². The van der Waals surface area contributed by atoms with Gasteiger partial charge in [0.05, 0.1) is 23.0 Å². The molecule has 1 N–H and O–H groups in total. The van der Waals surface area contributed by atoms with Crippen LogP contribution in [0.3, 0.4) is 0 Å². The molecule has 0 aliphatic carbocycles. The van der Waals surface area contributed by atoms with Gasteiger partial charge in [0.25, 0.3) is 14.4 Å².